The first-order chi connectivity index (χ1) is 15.5. The van der Waals surface area contributed by atoms with Crippen molar-refractivity contribution >= 4 is 26.5 Å². The molecular formula is C23H25FN4O2S2. The molecule has 0 spiro atoms. The Balaban J connectivity index is 1.23. The zero-order valence-corrected chi connectivity index (χ0v) is 19.2. The van der Waals surface area contributed by atoms with Crippen LogP contribution in [0.5, 0.6) is 0 Å². The van der Waals surface area contributed by atoms with E-state index in [1.807, 2.05) is 6.07 Å². The quantitative estimate of drug-likeness (QED) is 0.570. The molecule has 2 heterocycles. The first kappa shape index (κ1) is 21.5. The van der Waals surface area contributed by atoms with E-state index in [1.54, 1.807) is 35.7 Å². The zero-order chi connectivity index (χ0) is 22.1. The van der Waals surface area contributed by atoms with E-state index in [0.717, 1.165) is 66.9 Å². The molecule has 0 aliphatic heterocycles. The number of nitrogens with one attached hydrogen (secondary N) is 2. The van der Waals surface area contributed by atoms with Gasteiger partial charge in [0.15, 0.2) is 5.13 Å². The van der Waals surface area contributed by atoms with Crippen LogP contribution < -0.4 is 10.0 Å². The number of benzene rings is 1. The molecule has 1 aromatic carbocycles. The Hall–Kier alpha value is -2.36. The molecule has 2 aromatic heterocycles. The van der Waals surface area contributed by atoms with Crippen molar-refractivity contribution in [2.45, 2.75) is 61.9 Å². The SMILES string of the molecule is O=S(=O)(NC1CCC(Nc2nc3c(s2)CCCc2ccc(F)cc2-3)CC1)c1cccnc1. The number of aromatic nitrogens is 2. The summed E-state index contributed by atoms with van der Waals surface area (Å²) in [4.78, 5) is 10.1. The Labute approximate surface area is 191 Å². The number of rotatable bonds is 5. The number of aryl methyl sites for hydroxylation is 2. The second-order valence-electron chi connectivity index (χ2n) is 8.45. The van der Waals surface area contributed by atoms with E-state index in [1.165, 1.54) is 17.1 Å². The highest BCUT2D eigenvalue weighted by molar-refractivity contribution is 7.89. The zero-order valence-electron chi connectivity index (χ0n) is 17.6. The van der Waals surface area contributed by atoms with Crippen molar-refractivity contribution < 1.29 is 12.8 Å². The minimum Gasteiger partial charge on any atom is -0.359 e. The third kappa shape index (κ3) is 4.55. The van der Waals surface area contributed by atoms with Crippen molar-refractivity contribution in [3.05, 3.63) is 59.0 Å². The fourth-order valence-corrected chi connectivity index (χ4v) is 6.91. The van der Waals surface area contributed by atoms with Gasteiger partial charge in [-0.05, 0) is 74.8 Å². The molecule has 9 heteroatoms. The van der Waals surface area contributed by atoms with Crippen molar-refractivity contribution in [2.24, 2.45) is 0 Å². The summed E-state index contributed by atoms with van der Waals surface area (Å²) in [7, 11) is -3.55. The number of fused-ring (bicyclic) bond motifs is 3. The minimum atomic E-state index is -3.55. The fraction of sp³-hybridized carbons (Fsp3) is 0.391. The van der Waals surface area contributed by atoms with E-state index < -0.39 is 10.0 Å². The molecule has 5 rings (SSSR count). The summed E-state index contributed by atoms with van der Waals surface area (Å²) in [5, 5.41) is 4.41. The number of anilines is 1. The van der Waals surface area contributed by atoms with Crippen LogP contribution in [0, 0.1) is 5.82 Å². The molecule has 0 amide bonds. The molecule has 3 aromatic rings. The van der Waals surface area contributed by atoms with Gasteiger partial charge in [-0.25, -0.2) is 22.5 Å². The highest BCUT2D eigenvalue weighted by Crippen LogP contribution is 2.38. The average molecular weight is 473 g/mol. The van der Waals surface area contributed by atoms with E-state index in [9.17, 15) is 12.8 Å². The van der Waals surface area contributed by atoms with Crippen molar-refractivity contribution in [2.75, 3.05) is 5.32 Å². The summed E-state index contributed by atoms with van der Waals surface area (Å²) in [6, 6.07) is 8.34. The lowest BCUT2D eigenvalue weighted by atomic mass is 9.92. The Kier molecular flexibility index (Phi) is 5.96. The van der Waals surface area contributed by atoms with Gasteiger partial charge in [0.1, 0.15) is 10.7 Å². The number of thiazole rings is 1. The number of nitrogens with zero attached hydrogens (tertiary/aromatic N) is 2. The molecule has 2 N–H and O–H groups in total. The predicted molar refractivity (Wildman–Crippen MR) is 124 cm³/mol. The molecule has 168 valence electrons. The third-order valence-electron chi connectivity index (χ3n) is 6.20. The van der Waals surface area contributed by atoms with Crippen LogP contribution in [0.3, 0.4) is 0 Å². The van der Waals surface area contributed by atoms with Crippen LogP contribution in [0.15, 0.2) is 47.6 Å². The number of halogens is 1. The van der Waals surface area contributed by atoms with Gasteiger partial charge in [-0.3, -0.25) is 4.98 Å². The van der Waals surface area contributed by atoms with Crippen LogP contribution in [-0.4, -0.2) is 30.5 Å². The number of hydrogen-bond donors (Lipinski definition) is 2. The first-order valence-electron chi connectivity index (χ1n) is 11.0. The maximum atomic E-state index is 13.9. The minimum absolute atomic E-state index is 0.0823. The van der Waals surface area contributed by atoms with E-state index in [0.29, 0.717) is 0 Å². The molecule has 0 radical (unpaired) electrons. The standard InChI is InChI=1S/C23H25FN4O2S2/c24-16-7-6-15-3-1-5-21-22(20(15)13-16)27-23(31-21)26-17-8-10-18(11-9-17)28-32(29,30)19-4-2-12-25-14-19/h2,4,6-7,12-14,17-18,28H,1,3,5,8-11H2,(H,26,27). The molecule has 0 unspecified atom stereocenters. The largest absolute Gasteiger partial charge is 0.359 e. The van der Waals surface area contributed by atoms with Gasteiger partial charge >= 0.3 is 0 Å². The second kappa shape index (κ2) is 8.88. The lowest BCUT2D eigenvalue weighted by Crippen LogP contribution is -2.40. The van der Waals surface area contributed by atoms with Gasteiger partial charge in [-0.2, -0.15) is 0 Å². The molecule has 6 nitrogen and oxygen atoms in total. The van der Waals surface area contributed by atoms with Gasteiger partial charge in [-0.15, -0.1) is 11.3 Å². The molecule has 2 aliphatic rings. The summed E-state index contributed by atoms with van der Waals surface area (Å²) in [5.74, 6) is -0.230. The van der Waals surface area contributed by atoms with E-state index in [2.05, 4.69) is 15.0 Å². The Morgan fingerprint density at radius 2 is 1.88 bits per heavy atom. The molecule has 2 aliphatic carbocycles. The van der Waals surface area contributed by atoms with Crippen molar-refractivity contribution in [3.63, 3.8) is 0 Å². The van der Waals surface area contributed by atoms with Crippen LogP contribution >= 0.6 is 11.3 Å². The number of sulfonamides is 1. The van der Waals surface area contributed by atoms with Gasteiger partial charge < -0.3 is 5.32 Å². The summed E-state index contributed by atoms with van der Waals surface area (Å²) >= 11 is 1.66. The number of hydrogen-bond acceptors (Lipinski definition) is 6. The molecule has 0 saturated heterocycles. The highest BCUT2D eigenvalue weighted by atomic mass is 32.2. The monoisotopic (exact) mass is 472 g/mol. The average Bonchev–Trinajstić information content (AvgIpc) is 3.11. The topological polar surface area (TPSA) is 84.0 Å². The first-order valence-corrected chi connectivity index (χ1v) is 13.3. The van der Waals surface area contributed by atoms with Gasteiger partial charge in [0.25, 0.3) is 0 Å². The van der Waals surface area contributed by atoms with E-state index >= 15 is 0 Å². The summed E-state index contributed by atoms with van der Waals surface area (Å²) in [6.45, 7) is 0. The van der Waals surface area contributed by atoms with Crippen LogP contribution in [-0.2, 0) is 22.9 Å². The highest BCUT2D eigenvalue weighted by Gasteiger charge is 2.27. The molecule has 1 fully saturated rings. The van der Waals surface area contributed by atoms with Crippen LogP contribution in [0.4, 0.5) is 9.52 Å². The van der Waals surface area contributed by atoms with Gasteiger partial charge in [0.05, 0.1) is 5.69 Å². The lowest BCUT2D eigenvalue weighted by Gasteiger charge is -2.29. The Morgan fingerprint density at radius 3 is 2.66 bits per heavy atom. The van der Waals surface area contributed by atoms with Gasteiger partial charge in [0, 0.05) is 34.9 Å². The smallest absolute Gasteiger partial charge is 0.242 e. The Morgan fingerprint density at radius 1 is 1.06 bits per heavy atom. The van der Waals surface area contributed by atoms with E-state index in [-0.39, 0.29) is 22.8 Å². The Bertz CT molecular complexity index is 1210. The molecule has 1 saturated carbocycles. The molecule has 0 atom stereocenters. The summed E-state index contributed by atoms with van der Waals surface area (Å²) in [6.07, 6.45) is 9.09. The second-order valence-corrected chi connectivity index (χ2v) is 11.2. The van der Waals surface area contributed by atoms with Crippen molar-refractivity contribution in [1.82, 2.24) is 14.7 Å². The van der Waals surface area contributed by atoms with Gasteiger partial charge in [-0.1, -0.05) is 6.07 Å². The molecular weight excluding hydrogens is 447 g/mol. The van der Waals surface area contributed by atoms with Crippen LogP contribution in [0.25, 0.3) is 11.3 Å². The predicted octanol–water partition coefficient (Wildman–Crippen LogP) is 4.53. The maximum absolute atomic E-state index is 13.9. The summed E-state index contributed by atoms with van der Waals surface area (Å²) < 4.78 is 41.8. The lowest BCUT2D eigenvalue weighted by molar-refractivity contribution is 0.387. The van der Waals surface area contributed by atoms with Crippen LogP contribution in [0.1, 0.15) is 42.5 Å². The van der Waals surface area contributed by atoms with Gasteiger partial charge in [0.2, 0.25) is 10.0 Å². The molecule has 32 heavy (non-hydrogen) atoms. The van der Waals surface area contributed by atoms with Crippen molar-refractivity contribution in [3.8, 4) is 11.3 Å². The maximum Gasteiger partial charge on any atom is 0.242 e. The van der Waals surface area contributed by atoms with Crippen LogP contribution in [0.2, 0.25) is 0 Å². The third-order valence-corrected chi connectivity index (χ3v) is 8.75. The van der Waals surface area contributed by atoms with E-state index in [4.69, 9.17) is 4.98 Å². The fourth-order valence-electron chi connectivity index (χ4n) is 4.54. The van der Waals surface area contributed by atoms with Crippen molar-refractivity contribution in [1.29, 1.82) is 0 Å². The summed E-state index contributed by atoms with van der Waals surface area (Å²) in [5.41, 5.74) is 2.97. The number of pyridine rings is 1. The molecule has 0 bridgehead atoms. The normalized spacial score (nSPS) is 20.8.